The number of aryl methyl sites for hydroxylation is 1. The molecule has 2 heterocycles. The molecule has 0 spiro atoms. The van der Waals surface area contributed by atoms with Gasteiger partial charge in [-0.2, -0.15) is 0 Å². The van der Waals surface area contributed by atoms with Crippen molar-refractivity contribution < 1.29 is 19.0 Å². The molecule has 1 fully saturated rings. The summed E-state index contributed by atoms with van der Waals surface area (Å²) >= 11 is 0. The first-order chi connectivity index (χ1) is 14.6. The molecule has 6 heteroatoms. The van der Waals surface area contributed by atoms with E-state index in [0.29, 0.717) is 23.7 Å². The molecule has 6 nitrogen and oxygen atoms in total. The van der Waals surface area contributed by atoms with Gasteiger partial charge >= 0.3 is 0 Å². The van der Waals surface area contributed by atoms with Gasteiger partial charge in [-0.05, 0) is 49.2 Å². The Bertz CT molecular complexity index is 948. The van der Waals surface area contributed by atoms with Crippen molar-refractivity contribution in [2.75, 3.05) is 51.9 Å². The number of carbonyl (C=O) groups excluding carboxylic acids is 1. The average molecular weight is 408 g/mol. The highest BCUT2D eigenvalue weighted by Gasteiger charge is 2.24. The topological polar surface area (TPSA) is 60.0 Å². The lowest BCUT2D eigenvalue weighted by atomic mass is 10.0. The number of fused-ring (bicyclic) bond motifs is 1. The quantitative estimate of drug-likeness (QED) is 0.560. The number of carbonyl (C=O) groups is 1. The summed E-state index contributed by atoms with van der Waals surface area (Å²) in [5.41, 5.74) is 4.46. The van der Waals surface area contributed by atoms with Crippen LogP contribution in [0.5, 0.6) is 11.5 Å². The highest BCUT2D eigenvalue weighted by Crippen LogP contribution is 2.35. The van der Waals surface area contributed by atoms with E-state index in [0.717, 1.165) is 61.6 Å². The summed E-state index contributed by atoms with van der Waals surface area (Å²) in [4.78, 5) is 14.8. The minimum absolute atomic E-state index is 0.0852. The number of benzene rings is 2. The molecule has 1 N–H and O–H groups in total. The Kier molecular flexibility index (Phi) is 6.35. The van der Waals surface area contributed by atoms with Crippen molar-refractivity contribution >= 4 is 23.2 Å². The minimum Gasteiger partial charge on any atom is -0.493 e. The molecule has 1 saturated heterocycles. The second kappa shape index (κ2) is 9.32. The summed E-state index contributed by atoms with van der Waals surface area (Å²) in [6.07, 6.45) is 2.84. The van der Waals surface area contributed by atoms with Crippen LogP contribution in [0.2, 0.25) is 0 Å². The van der Waals surface area contributed by atoms with Crippen LogP contribution >= 0.6 is 0 Å². The number of nitrogens with zero attached hydrogens (tertiary/aromatic N) is 1. The Morgan fingerprint density at radius 3 is 2.77 bits per heavy atom. The van der Waals surface area contributed by atoms with E-state index in [1.54, 1.807) is 7.11 Å². The van der Waals surface area contributed by atoms with Crippen molar-refractivity contribution in [2.45, 2.75) is 13.3 Å². The van der Waals surface area contributed by atoms with Gasteiger partial charge < -0.3 is 19.5 Å². The fourth-order valence-corrected chi connectivity index (χ4v) is 3.80. The number of rotatable bonds is 7. The highest BCUT2D eigenvalue weighted by atomic mass is 16.5. The molecule has 0 unspecified atom stereocenters. The van der Waals surface area contributed by atoms with E-state index in [-0.39, 0.29) is 5.91 Å². The Balaban J connectivity index is 1.43. The van der Waals surface area contributed by atoms with Crippen molar-refractivity contribution in [3.8, 4) is 11.5 Å². The second-order valence-electron chi connectivity index (χ2n) is 7.63. The van der Waals surface area contributed by atoms with Gasteiger partial charge in [0.2, 0.25) is 0 Å². The molecule has 0 bridgehead atoms. The lowest BCUT2D eigenvalue weighted by Crippen LogP contribution is -2.37. The van der Waals surface area contributed by atoms with Gasteiger partial charge in [0.1, 0.15) is 0 Å². The molecule has 4 rings (SSSR count). The monoisotopic (exact) mass is 408 g/mol. The molecule has 0 aromatic heterocycles. The number of anilines is 1. The van der Waals surface area contributed by atoms with Crippen LogP contribution < -0.4 is 14.8 Å². The van der Waals surface area contributed by atoms with E-state index >= 15 is 0 Å². The number of ether oxygens (including phenoxy) is 3. The third kappa shape index (κ3) is 4.66. The molecule has 0 saturated carbocycles. The molecular formula is C24H28N2O4. The van der Waals surface area contributed by atoms with Crippen LogP contribution in [0.15, 0.2) is 36.4 Å². The van der Waals surface area contributed by atoms with Crippen LogP contribution in [-0.4, -0.2) is 57.4 Å². The first-order valence-corrected chi connectivity index (χ1v) is 10.4. The smallest absolute Gasteiger partial charge is 0.256 e. The Morgan fingerprint density at radius 1 is 1.13 bits per heavy atom. The van der Waals surface area contributed by atoms with Crippen molar-refractivity contribution in [1.29, 1.82) is 0 Å². The molecule has 2 aliphatic heterocycles. The molecule has 2 aromatic rings. The van der Waals surface area contributed by atoms with Crippen molar-refractivity contribution in [2.24, 2.45) is 0 Å². The Hall–Kier alpha value is -2.83. The van der Waals surface area contributed by atoms with E-state index in [1.165, 1.54) is 0 Å². The van der Waals surface area contributed by atoms with Gasteiger partial charge in [-0.25, -0.2) is 0 Å². The zero-order chi connectivity index (χ0) is 20.9. The normalized spacial score (nSPS) is 17.7. The lowest BCUT2D eigenvalue weighted by molar-refractivity contribution is -0.110. The van der Waals surface area contributed by atoms with Crippen LogP contribution in [0.25, 0.3) is 11.6 Å². The van der Waals surface area contributed by atoms with Crippen molar-refractivity contribution in [3.63, 3.8) is 0 Å². The molecule has 158 valence electrons. The van der Waals surface area contributed by atoms with Crippen LogP contribution in [0.4, 0.5) is 5.69 Å². The number of amides is 1. The fourth-order valence-electron chi connectivity index (χ4n) is 3.80. The van der Waals surface area contributed by atoms with Gasteiger partial charge in [0, 0.05) is 36.5 Å². The van der Waals surface area contributed by atoms with Gasteiger partial charge in [-0.1, -0.05) is 17.7 Å². The van der Waals surface area contributed by atoms with E-state index in [4.69, 9.17) is 14.2 Å². The van der Waals surface area contributed by atoms with Crippen LogP contribution in [0.3, 0.4) is 0 Å². The first-order valence-electron chi connectivity index (χ1n) is 10.4. The largest absolute Gasteiger partial charge is 0.493 e. The predicted molar refractivity (Wildman–Crippen MR) is 118 cm³/mol. The molecule has 0 radical (unpaired) electrons. The zero-order valence-electron chi connectivity index (χ0n) is 17.6. The van der Waals surface area contributed by atoms with E-state index < -0.39 is 0 Å². The number of nitrogens with one attached hydrogen (secondary N) is 1. The van der Waals surface area contributed by atoms with Crippen molar-refractivity contribution in [3.05, 3.63) is 53.1 Å². The van der Waals surface area contributed by atoms with Gasteiger partial charge in [0.15, 0.2) is 11.5 Å². The zero-order valence-corrected chi connectivity index (χ0v) is 17.6. The molecule has 30 heavy (non-hydrogen) atoms. The number of hydrogen-bond donors (Lipinski definition) is 1. The molecule has 0 aliphatic carbocycles. The van der Waals surface area contributed by atoms with Crippen LogP contribution in [-0.2, 0) is 9.53 Å². The molecule has 2 aromatic carbocycles. The lowest BCUT2D eigenvalue weighted by Gasteiger charge is -2.26. The molecular weight excluding hydrogens is 380 g/mol. The van der Waals surface area contributed by atoms with Crippen LogP contribution in [0.1, 0.15) is 23.1 Å². The third-order valence-corrected chi connectivity index (χ3v) is 5.44. The van der Waals surface area contributed by atoms with Gasteiger partial charge in [0.25, 0.3) is 5.91 Å². The summed E-state index contributed by atoms with van der Waals surface area (Å²) in [7, 11) is 1.63. The van der Waals surface area contributed by atoms with Gasteiger partial charge in [-0.3, -0.25) is 9.69 Å². The Labute approximate surface area is 177 Å². The molecule has 0 atom stereocenters. The molecule has 1 amide bonds. The average Bonchev–Trinajstić information content (AvgIpc) is 3.07. The van der Waals surface area contributed by atoms with Crippen molar-refractivity contribution in [1.82, 2.24) is 4.90 Å². The summed E-state index contributed by atoms with van der Waals surface area (Å²) in [5, 5.41) is 2.92. The third-order valence-electron chi connectivity index (χ3n) is 5.44. The molecule has 2 aliphatic rings. The van der Waals surface area contributed by atoms with Gasteiger partial charge in [0.05, 0.1) is 26.9 Å². The van der Waals surface area contributed by atoms with Crippen LogP contribution in [0, 0.1) is 6.92 Å². The summed E-state index contributed by atoms with van der Waals surface area (Å²) in [6, 6.07) is 11.7. The maximum Gasteiger partial charge on any atom is 0.256 e. The van der Waals surface area contributed by atoms with E-state index in [1.807, 2.05) is 49.4 Å². The minimum atomic E-state index is -0.0852. The maximum atomic E-state index is 12.4. The van der Waals surface area contributed by atoms with E-state index in [9.17, 15) is 4.79 Å². The van der Waals surface area contributed by atoms with E-state index in [2.05, 4.69) is 10.2 Å². The first kappa shape index (κ1) is 20.4. The van der Waals surface area contributed by atoms with Gasteiger partial charge in [-0.15, -0.1) is 0 Å². The summed E-state index contributed by atoms with van der Waals surface area (Å²) in [5.74, 6) is 1.30. The highest BCUT2D eigenvalue weighted by molar-refractivity contribution is 6.34. The number of hydrogen-bond acceptors (Lipinski definition) is 5. The maximum absolute atomic E-state index is 12.4. The number of morpholine rings is 1. The second-order valence-corrected chi connectivity index (χ2v) is 7.63. The standard InChI is InChI=1S/C24H28N2O4/c1-17-4-6-21-19(14-17)20(24(27)25-21)15-18-5-7-22(23(16-18)28-2)30-11-3-8-26-9-12-29-13-10-26/h4-7,14-16H,3,8-13H2,1-2H3,(H,25,27)/b20-15-. The number of methoxy groups -OCH3 is 1. The SMILES string of the molecule is COc1cc(/C=C2\C(=O)Nc3ccc(C)cc32)ccc1OCCCN1CCOCC1. The fraction of sp³-hybridized carbons (Fsp3) is 0.375. The summed E-state index contributed by atoms with van der Waals surface area (Å²) in [6.45, 7) is 7.26. The summed E-state index contributed by atoms with van der Waals surface area (Å²) < 4.78 is 16.9. The Morgan fingerprint density at radius 2 is 1.97 bits per heavy atom. The predicted octanol–water partition coefficient (Wildman–Crippen LogP) is 3.60.